The zero-order valence-electron chi connectivity index (χ0n) is 17.4. The summed E-state index contributed by atoms with van der Waals surface area (Å²) in [5.74, 6) is 2.53. The summed E-state index contributed by atoms with van der Waals surface area (Å²) in [6.07, 6.45) is 1.75. The maximum atomic E-state index is 5.29. The van der Waals surface area contributed by atoms with Gasteiger partial charge in [-0.25, -0.2) is 0 Å². The predicted octanol–water partition coefficient (Wildman–Crippen LogP) is 2.88. The lowest BCUT2D eigenvalue weighted by atomic mass is 10.2. The molecule has 0 spiro atoms. The molecule has 1 unspecified atom stereocenters. The van der Waals surface area contributed by atoms with Gasteiger partial charge in [-0.3, -0.25) is 4.99 Å². The van der Waals surface area contributed by atoms with Gasteiger partial charge in [0.1, 0.15) is 0 Å². The van der Waals surface area contributed by atoms with Gasteiger partial charge in [0.15, 0.2) is 11.8 Å². The van der Waals surface area contributed by atoms with Crippen LogP contribution in [0.1, 0.15) is 50.4 Å². The molecule has 0 bridgehead atoms. The molecule has 1 atom stereocenters. The molecule has 1 aliphatic rings. The number of aromatic nitrogens is 2. The first-order valence-electron chi connectivity index (χ1n) is 10.2. The molecule has 0 saturated carbocycles. The van der Waals surface area contributed by atoms with Gasteiger partial charge in [-0.15, -0.1) is 0 Å². The van der Waals surface area contributed by atoms with Crippen molar-refractivity contribution in [3.8, 4) is 0 Å². The molecule has 1 aliphatic heterocycles. The average molecular weight is 385 g/mol. The molecule has 0 radical (unpaired) electrons. The van der Waals surface area contributed by atoms with Crippen LogP contribution in [0.2, 0.25) is 0 Å². The van der Waals surface area contributed by atoms with E-state index >= 15 is 0 Å². The van der Waals surface area contributed by atoms with Crippen molar-refractivity contribution in [2.24, 2.45) is 4.99 Å². The first kappa shape index (κ1) is 20.2. The second-order valence-electron chi connectivity index (χ2n) is 7.62. The molecule has 28 heavy (non-hydrogen) atoms. The van der Waals surface area contributed by atoms with Crippen LogP contribution in [0, 0.1) is 6.92 Å². The first-order chi connectivity index (χ1) is 13.5. The standard InChI is InChI=1S/C21H32N6O/c1-5-22-21(23-12-10-19-25-20(15(2)3)26-28-19)24-17-11-13-27(14-17)18-8-6-16(4)7-9-18/h6-9,15,17H,5,10-14H2,1-4H3,(H2,22,23,24). The second kappa shape index (κ2) is 9.57. The molecule has 2 heterocycles. The highest BCUT2D eigenvalue weighted by molar-refractivity contribution is 5.80. The van der Waals surface area contributed by atoms with Gasteiger partial charge in [0.05, 0.1) is 6.54 Å². The van der Waals surface area contributed by atoms with Crippen molar-refractivity contribution in [1.82, 2.24) is 20.8 Å². The van der Waals surface area contributed by atoms with E-state index in [9.17, 15) is 0 Å². The number of anilines is 1. The molecule has 7 nitrogen and oxygen atoms in total. The van der Waals surface area contributed by atoms with Crippen molar-refractivity contribution < 1.29 is 4.52 Å². The third-order valence-electron chi connectivity index (χ3n) is 4.87. The summed E-state index contributed by atoms with van der Waals surface area (Å²) in [4.78, 5) is 11.5. The Balaban J connectivity index is 1.52. The SMILES string of the molecule is CCNC(=NCCc1nc(C(C)C)no1)NC1CCN(c2ccc(C)cc2)C1. The van der Waals surface area contributed by atoms with E-state index in [1.54, 1.807) is 0 Å². The van der Waals surface area contributed by atoms with Crippen LogP contribution in [0.15, 0.2) is 33.8 Å². The monoisotopic (exact) mass is 384 g/mol. The highest BCUT2D eigenvalue weighted by Crippen LogP contribution is 2.20. The molecule has 152 valence electrons. The highest BCUT2D eigenvalue weighted by Gasteiger charge is 2.23. The number of benzene rings is 1. The number of aryl methyl sites for hydroxylation is 1. The first-order valence-corrected chi connectivity index (χ1v) is 10.2. The summed E-state index contributed by atoms with van der Waals surface area (Å²) in [6, 6.07) is 9.13. The number of guanidine groups is 1. The lowest BCUT2D eigenvalue weighted by Gasteiger charge is -2.20. The van der Waals surface area contributed by atoms with Gasteiger partial charge in [0.2, 0.25) is 5.89 Å². The average Bonchev–Trinajstić information content (AvgIpc) is 3.32. The molecule has 2 aromatic rings. The van der Waals surface area contributed by atoms with Crippen LogP contribution in [0.4, 0.5) is 5.69 Å². The molecule has 1 fully saturated rings. The van der Waals surface area contributed by atoms with Gasteiger partial charge in [0, 0.05) is 43.7 Å². The van der Waals surface area contributed by atoms with E-state index in [1.165, 1.54) is 11.3 Å². The van der Waals surface area contributed by atoms with E-state index in [4.69, 9.17) is 4.52 Å². The van der Waals surface area contributed by atoms with Crippen LogP contribution in [0.3, 0.4) is 0 Å². The van der Waals surface area contributed by atoms with Crippen molar-refractivity contribution in [3.63, 3.8) is 0 Å². The van der Waals surface area contributed by atoms with Crippen LogP contribution in [0.5, 0.6) is 0 Å². The molecule has 1 aromatic carbocycles. The minimum absolute atomic E-state index is 0.277. The van der Waals surface area contributed by atoms with Crippen molar-refractivity contribution in [1.29, 1.82) is 0 Å². The number of nitrogens with zero attached hydrogens (tertiary/aromatic N) is 4. The lowest BCUT2D eigenvalue weighted by Crippen LogP contribution is -2.44. The number of hydrogen-bond donors (Lipinski definition) is 2. The van der Waals surface area contributed by atoms with Crippen molar-refractivity contribution >= 4 is 11.6 Å². The Hall–Kier alpha value is -2.57. The topological polar surface area (TPSA) is 78.6 Å². The van der Waals surface area contributed by atoms with Gasteiger partial charge in [-0.05, 0) is 32.4 Å². The van der Waals surface area contributed by atoms with Gasteiger partial charge < -0.3 is 20.1 Å². The van der Waals surface area contributed by atoms with Crippen LogP contribution < -0.4 is 15.5 Å². The fourth-order valence-corrected chi connectivity index (χ4v) is 3.25. The molecular formula is C21H32N6O. The van der Waals surface area contributed by atoms with E-state index in [2.05, 4.69) is 82.6 Å². The molecule has 7 heteroatoms. The third-order valence-corrected chi connectivity index (χ3v) is 4.87. The molecule has 0 amide bonds. The third kappa shape index (κ3) is 5.47. The largest absolute Gasteiger partial charge is 0.369 e. The number of nitrogens with one attached hydrogen (secondary N) is 2. The Morgan fingerprint density at radius 1 is 1.32 bits per heavy atom. The van der Waals surface area contributed by atoms with Crippen molar-refractivity contribution in [2.75, 3.05) is 31.1 Å². The highest BCUT2D eigenvalue weighted by atomic mass is 16.5. The molecule has 1 aromatic heterocycles. The van der Waals surface area contributed by atoms with Crippen molar-refractivity contribution in [3.05, 3.63) is 41.5 Å². The van der Waals surface area contributed by atoms with Crippen LogP contribution >= 0.6 is 0 Å². The second-order valence-corrected chi connectivity index (χ2v) is 7.62. The summed E-state index contributed by atoms with van der Waals surface area (Å²) in [5, 5.41) is 10.9. The zero-order chi connectivity index (χ0) is 19.9. The maximum absolute atomic E-state index is 5.29. The van der Waals surface area contributed by atoms with Crippen LogP contribution in [-0.4, -0.2) is 48.3 Å². The molecule has 0 aliphatic carbocycles. The smallest absolute Gasteiger partial charge is 0.228 e. The summed E-state index contributed by atoms with van der Waals surface area (Å²) < 4.78 is 5.29. The number of hydrogen-bond acceptors (Lipinski definition) is 5. The van der Waals surface area contributed by atoms with E-state index in [0.717, 1.165) is 37.8 Å². The van der Waals surface area contributed by atoms with Crippen LogP contribution in [-0.2, 0) is 6.42 Å². The Bertz CT molecular complexity index is 767. The molecule has 2 N–H and O–H groups in total. The minimum atomic E-state index is 0.277. The molecule has 1 saturated heterocycles. The fourth-order valence-electron chi connectivity index (χ4n) is 3.25. The zero-order valence-corrected chi connectivity index (χ0v) is 17.4. The minimum Gasteiger partial charge on any atom is -0.369 e. The Morgan fingerprint density at radius 2 is 2.11 bits per heavy atom. The van der Waals surface area contributed by atoms with Gasteiger partial charge >= 0.3 is 0 Å². The van der Waals surface area contributed by atoms with E-state index in [-0.39, 0.29) is 5.92 Å². The van der Waals surface area contributed by atoms with Crippen molar-refractivity contribution in [2.45, 2.75) is 52.5 Å². The molecule has 3 rings (SSSR count). The van der Waals surface area contributed by atoms with Gasteiger partial charge in [-0.2, -0.15) is 4.98 Å². The van der Waals surface area contributed by atoms with E-state index in [1.807, 2.05) is 0 Å². The van der Waals surface area contributed by atoms with E-state index < -0.39 is 0 Å². The van der Waals surface area contributed by atoms with Gasteiger partial charge in [0.25, 0.3) is 0 Å². The summed E-state index contributed by atoms with van der Waals surface area (Å²) in [7, 11) is 0. The fraction of sp³-hybridized carbons (Fsp3) is 0.571. The summed E-state index contributed by atoms with van der Waals surface area (Å²) in [5.41, 5.74) is 2.58. The molecular weight excluding hydrogens is 352 g/mol. The van der Waals surface area contributed by atoms with Crippen LogP contribution in [0.25, 0.3) is 0 Å². The lowest BCUT2D eigenvalue weighted by molar-refractivity contribution is 0.372. The normalized spacial score (nSPS) is 17.4. The summed E-state index contributed by atoms with van der Waals surface area (Å²) in [6.45, 7) is 11.8. The Morgan fingerprint density at radius 3 is 2.79 bits per heavy atom. The number of rotatable bonds is 7. The Labute approximate surface area is 167 Å². The number of aliphatic imine (C=N–C) groups is 1. The van der Waals surface area contributed by atoms with Gasteiger partial charge in [-0.1, -0.05) is 36.7 Å². The summed E-state index contributed by atoms with van der Waals surface area (Å²) >= 11 is 0. The quantitative estimate of drug-likeness (QED) is 0.565. The predicted molar refractivity (Wildman–Crippen MR) is 113 cm³/mol. The maximum Gasteiger partial charge on any atom is 0.228 e. The Kier molecular flexibility index (Phi) is 6.90. The van der Waals surface area contributed by atoms with E-state index in [0.29, 0.717) is 24.9 Å².